The zero-order valence-electron chi connectivity index (χ0n) is 10.6. The van der Waals surface area contributed by atoms with Gasteiger partial charge in [0, 0.05) is 5.56 Å². The molecule has 0 aromatic heterocycles. The summed E-state index contributed by atoms with van der Waals surface area (Å²) in [5.41, 5.74) is 2.67. The number of aryl methyl sites for hydroxylation is 2. The Morgan fingerprint density at radius 2 is 1.56 bits per heavy atom. The van der Waals surface area contributed by atoms with Gasteiger partial charge in [0.25, 0.3) is 0 Å². The Bertz CT molecular complexity index is 574. The van der Waals surface area contributed by atoms with E-state index in [4.69, 9.17) is 4.74 Å². The van der Waals surface area contributed by atoms with Gasteiger partial charge in [-0.15, -0.1) is 0 Å². The van der Waals surface area contributed by atoms with Crippen LogP contribution in [0.5, 0.6) is 5.75 Å². The molecule has 0 amide bonds. The van der Waals surface area contributed by atoms with Crippen molar-refractivity contribution in [3.63, 3.8) is 0 Å². The van der Waals surface area contributed by atoms with Crippen LogP contribution in [0.4, 0.5) is 8.78 Å². The molecule has 94 valence electrons. The van der Waals surface area contributed by atoms with Crippen molar-refractivity contribution >= 4 is 0 Å². The first kappa shape index (κ1) is 12.6. The van der Waals surface area contributed by atoms with Crippen LogP contribution < -0.4 is 4.74 Å². The number of hydrogen-bond acceptors (Lipinski definition) is 1. The molecule has 0 N–H and O–H groups in total. The molecule has 0 radical (unpaired) electrons. The maximum Gasteiger partial charge on any atom is 0.201 e. The monoisotopic (exact) mass is 248 g/mol. The molecule has 2 aromatic carbocycles. The van der Waals surface area contributed by atoms with Gasteiger partial charge in [-0.2, -0.15) is 4.39 Å². The Morgan fingerprint density at radius 1 is 0.944 bits per heavy atom. The Hall–Kier alpha value is -1.90. The average molecular weight is 248 g/mol. The third-order valence-electron chi connectivity index (χ3n) is 2.93. The molecule has 0 fully saturated rings. The van der Waals surface area contributed by atoms with Crippen LogP contribution in [0.25, 0.3) is 11.1 Å². The number of halogens is 2. The zero-order valence-corrected chi connectivity index (χ0v) is 10.6. The summed E-state index contributed by atoms with van der Waals surface area (Å²) in [6.45, 7) is 3.68. The molecule has 0 aliphatic heterocycles. The van der Waals surface area contributed by atoms with E-state index in [1.54, 1.807) is 19.1 Å². The number of benzene rings is 2. The Labute approximate surface area is 105 Å². The highest BCUT2D eigenvalue weighted by Crippen LogP contribution is 2.33. The Morgan fingerprint density at radius 3 is 2.11 bits per heavy atom. The summed E-state index contributed by atoms with van der Waals surface area (Å²) in [7, 11) is 1.32. The predicted octanol–water partition coefficient (Wildman–Crippen LogP) is 4.26. The fourth-order valence-electron chi connectivity index (χ4n) is 1.95. The summed E-state index contributed by atoms with van der Waals surface area (Å²) >= 11 is 0. The first-order valence-electron chi connectivity index (χ1n) is 5.64. The third-order valence-corrected chi connectivity index (χ3v) is 2.93. The standard InChI is InChI=1S/C15H14F2O/c1-9-4-6-11(7-5-9)13-10(2)8-12(18-3)14(16)15(13)17/h4-8H,1-3H3. The highest BCUT2D eigenvalue weighted by Gasteiger charge is 2.18. The fraction of sp³-hybridized carbons (Fsp3) is 0.200. The van der Waals surface area contributed by atoms with E-state index in [1.165, 1.54) is 13.2 Å². The normalized spacial score (nSPS) is 10.5. The quantitative estimate of drug-likeness (QED) is 0.771. The number of methoxy groups -OCH3 is 1. The van der Waals surface area contributed by atoms with Crippen LogP contribution in [-0.4, -0.2) is 7.11 Å². The van der Waals surface area contributed by atoms with Crippen LogP contribution >= 0.6 is 0 Å². The summed E-state index contributed by atoms with van der Waals surface area (Å²) in [6, 6.07) is 8.82. The van der Waals surface area contributed by atoms with Crippen LogP contribution in [0, 0.1) is 25.5 Å². The Kier molecular flexibility index (Phi) is 3.32. The number of ether oxygens (including phenoxy) is 1. The van der Waals surface area contributed by atoms with Gasteiger partial charge in [0.2, 0.25) is 5.82 Å². The van der Waals surface area contributed by atoms with E-state index in [9.17, 15) is 8.78 Å². The lowest BCUT2D eigenvalue weighted by atomic mass is 9.98. The van der Waals surface area contributed by atoms with Gasteiger partial charge in [-0.1, -0.05) is 29.8 Å². The first-order valence-corrected chi connectivity index (χ1v) is 5.64. The second-order valence-electron chi connectivity index (χ2n) is 4.26. The van der Waals surface area contributed by atoms with E-state index in [1.807, 2.05) is 19.1 Å². The second kappa shape index (κ2) is 4.77. The smallest absolute Gasteiger partial charge is 0.201 e. The van der Waals surface area contributed by atoms with E-state index in [0.29, 0.717) is 11.1 Å². The summed E-state index contributed by atoms with van der Waals surface area (Å²) in [5, 5.41) is 0. The second-order valence-corrected chi connectivity index (χ2v) is 4.26. The molecule has 0 aliphatic rings. The van der Waals surface area contributed by atoms with Crippen LogP contribution in [0.1, 0.15) is 11.1 Å². The van der Waals surface area contributed by atoms with E-state index in [0.717, 1.165) is 5.56 Å². The maximum atomic E-state index is 14.0. The van der Waals surface area contributed by atoms with Crippen molar-refractivity contribution in [2.75, 3.05) is 7.11 Å². The van der Waals surface area contributed by atoms with Crippen molar-refractivity contribution in [2.24, 2.45) is 0 Å². The maximum absolute atomic E-state index is 14.0. The molecule has 0 bridgehead atoms. The molecular formula is C15H14F2O. The van der Waals surface area contributed by atoms with Crippen molar-refractivity contribution in [3.05, 3.63) is 53.1 Å². The topological polar surface area (TPSA) is 9.23 Å². The minimum absolute atomic E-state index is 0.0686. The lowest BCUT2D eigenvalue weighted by Gasteiger charge is -2.11. The minimum Gasteiger partial charge on any atom is -0.494 e. The summed E-state index contributed by atoms with van der Waals surface area (Å²) in [5.74, 6) is -1.88. The van der Waals surface area contributed by atoms with Gasteiger partial charge in [0.05, 0.1) is 7.11 Å². The molecule has 0 saturated heterocycles. The molecule has 1 nitrogen and oxygen atoms in total. The predicted molar refractivity (Wildman–Crippen MR) is 67.8 cm³/mol. The molecule has 0 spiro atoms. The van der Waals surface area contributed by atoms with Crippen molar-refractivity contribution in [3.8, 4) is 16.9 Å². The van der Waals surface area contributed by atoms with Crippen molar-refractivity contribution < 1.29 is 13.5 Å². The van der Waals surface area contributed by atoms with E-state index in [-0.39, 0.29) is 11.3 Å². The molecule has 0 heterocycles. The van der Waals surface area contributed by atoms with Gasteiger partial charge in [-0.05, 0) is 31.0 Å². The van der Waals surface area contributed by atoms with Gasteiger partial charge in [0.15, 0.2) is 11.6 Å². The van der Waals surface area contributed by atoms with Crippen LogP contribution in [0.15, 0.2) is 30.3 Å². The summed E-state index contributed by atoms with van der Waals surface area (Å²) in [4.78, 5) is 0. The number of hydrogen-bond donors (Lipinski definition) is 0. The summed E-state index contributed by atoms with van der Waals surface area (Å²) < 4.78 is 32.6. The van der Waals surface area contributed by atoms with Gasteiger partial charge in [-0.25, -0.2) is 4.39 Å². The molecule has 0 saturated carbocycles. The molecule has 3 heteroatoms. The van der Waals surface area contributed by atoms with Crippen LogP contribution in [0.3, 0.4) is 0 Å². The number of rotatable bonds is 2. The highest BCUT2D eigenvalue weighted by atomic mass is 19.2. The fourth-order valence-corrected chi connectivity index (χ4v) is 1.95. The van der Waals surface area contributed by atoms with E-state index in [2.05, 4.69) is 0 Å². The average Bonchev–Trinajstić information content (AvgIpc) is 2.36. The Balaban J connectivity index is 2.64. The van der Waals surface area contributed by atoms with Crippen molar-refractivity contribution in [1.29, 1.82) is 0 Å². The van der Waals surface area contributed by atoms with Gasteiger partial charge >= 0.3 is 0 Å². The van der Waals surface area contributed by atoms with Gasteiger partial charge < -0.3 is 4.74 Å². The highest BCUT2D eigenvalue weighted by molar-refractivity contribution is 5.69. The van der Waals surface area contributed by atoms with Crippen molar-refractivity contribution in [1.82, 2.24) is 0 Å². The molecule has 0 atom stereocenters. The van der Waals surface area contributed by atoms with Gasteiger partial charge in [0.1, 0.15) is 0 Å². The van der Waals surface area contributed by atoms with Crippen LogP contribution in [-0.2, 0) is 0 Å². The molecule has 2 aromatic rings. The molecule has 0 aliphatic carbocycles. The molecule has 0 unspecified atom stereocenters. The lowest BCUT2D eigenvalue weighted by Crippen LogP contribution is -1.98. The lowest BCUT2D eigenvalue weighted by molar-refractivity contribution is 0.372. The minimum atomic E-state index is -0.946. The van der Waals surface area contributed by atoms with Gasteiger partial charge in [-0.3, -0.25) is 0 Å². The third kappa shape index (κ3) is 2.08. The van der Waals surface area contributed by atoms with E-state index >= 15 is 0 Å². The zero-order chi connectivity index (χ0) is 13.3. The molecular weight excluding hydrogens is 234 g/mol. The SMILES string of the molecule is COc1cc(C)c(-c2ccc(C)cc2)c(F)c1F. The first-order chi connectivity index (χ1) is 8.54. The van der Waals surface area contributed by atoms with Crippen LogP contribution in [0.2, 0.25) is 0 Å². The largest absolute Gasteiger partial charge is 0.494 e. The molecule has 18 heavy (non-hydrogen) atoms. The summed E-state index contributed by atoms with van der Waals surface area (Å²) in [6.07, 6.45) is 0. The van der Waals surface area contributed by atoms with Crippen molar-refractivity contribution in [2.45, 2.75) is 13.8 Å². The van der Waals surface area contributed by atoms with E-state index < -0.39 is 11.6 Å². The molecule has 2 rings (SSSR count).